The third-order valence-electron chi connectivity index (χ3n) is 2.77. The van der Waals surface area contributed by atoms with Gasteiger partial charge >= 0.3 is 5.97 Å². The summed E-state index contributed by atoms with van der Waals surface area (Å²) in [6, 6.07) is 3.13. The summed E-state index contributed by atoms with van der Waals surface area (Å²) in [6.45, 7) is 1.42. The molecule has 1 atom stereocenters. The Kier molecular flexibility index (Phi) is 4.83. The monoisotopic (exact) mass is 303 g/mol. The Hall–Kier alpha value is -1.96. The molecule has 1 rings (SSSR count). The van der Waals surface area contributed by atoms with Crippen molar-refractivity contribution < 1.29 is 27.5 Å². The zero-order valence-electron chi connectivity index (χ0n) is 10.7. The predicted octanol–water partition coefficient (Wildman–Crippen LogP) is 0.703. The van der Waals surface area contributed by atoms with Gasteiger partial charge in [0.1, 0.15) is 5.82 Å². The van der Waals surface area contributed by atoms with E-state index in [2.05, 4.69) is 0 Å². The van der Waals surface area contributed by atoms with Crippen LogP contribution in [0, 0.1) is 5.82 Å². The second kappa shape index (κ2) is 6.00. The van der Waals surface area contributed by atoms with Gasteiger partial charge in [-0.25, -0.2) is 12.8 Å². The number of aliphatic carboxylic acids is 1. The highest BCUT2D eigenvalue weighted by Crippen LogP contribution is 2.18. The Morgan fingerprint density at radius 1 is 1.40 bits per heavy atom. The van der Waals surface area contributed by atoms with Crippen LogP contribution in [-0.2, 0) is 20.4 Å². The van der Waals surface area contributed by atoms with E-state index in [1.165, 1.54) is 13.0 Å². The topological polar surface area (TPSA) is 115 Å². The van der Waals surface area contributed by atoms with Crippen molar-refractivity contribution in [3.05, 3.63) is 35.1 Å². The quantitative estimate of drug-likeness (QED) is 0.803. The molecule has 0 radical (unpaired) electrons. The molecule has 0 bridgehead atoms. The van der Waals surface area contributed by atoms with Gasteiger partial charge in [-0.3, -0.25) is 9.59 Å². The van der Waals surface area contributed by atoms with E-state index in [0.717, 1.165) is 12.1 Å². The molecule has 6 nitrogen and oxygen atoms in total. The van der Waals surface area contributed by atoms with Crippen molar-refractivity contribution in [2.45, 2.75) is 24.3 Å². The number of nitrogens with two attached hydrogens (primary N) is 1. The molecular weight excluding hydrogens is 289 g/mol. The third kappa shape index (κ3) is 3.53. The number of carboxylic acid groups (broad SMARTS) is 1. The number of benzene rings is 1. The van der Waals surface area contributed by atoms with E-state index in [1.807, 2.05) is 0 Å². The van der Waals surface area contributed by atoms with Crippen molar-refractivity contribution in [3.63, 3.8) is 0 Å². The van der Waals surface area contributed by atoms with Gasteiger partial charge in [0.25, 0.3) is 0 Å². The lowest BCUT2D eigenvalue weighted by molar-refractivity contribution is -0.136. The van der Waals surface area contributed by atoms with E-state index >= 15 is 0 Å². The summed E-state index contributed by atoms with van der Waals surface area (Å²) >= 11 is 0. The number of sulfone groups is 1. The SMILES string of the molecule is CCC(C(=O)O)S(=O)(=O)Cc1ccc(C(N)=O)cc1F. The number of rotatable bonds is 6. The van der Waals surface area contributed by atoms with Gasteiger partial charge < -0.3 is 10.8 Å². The maximum absolute atomic E-state index is 13.7. The Labute approximate surface area is 115 Å². The molecule has 0 heterocycles. The number of hydrogen-bond donors (Lipinski definition) is 2. The van der Waals surface area contributed by atoms with E-state index in [4.69, 9.17) is 10.8 Å². The van der Waals surface area contributed by atoms with Gasteiger partial charge in [-0.1, -0.05) is 13.0 Å². The molecule has 0 aromatic heterocycles. The molecule has 0 aliphatic carbocycles. The highest BCUT2D eigenvalue weighted by Gasteiger charge is 2.31. The zero-order chi connectivity index (χ0) is 15.5. The fourth-order valence-corrected chi connectivity index (χ4v) is 3.40. The van der Waals surface area contributed by atoms with Crippen molar-refractivity contribution >= 4 is 21.7 Å². The Morgan fingerprint density at radius 2 is 2.00 bits per heavy atom. The molecule has 1 unspecified atom stereocenters. The largest absolute Gasteiger partial charge is 0.480 e. The fraction of sp³-hybridized carbons (Fsp3) is 0.333. The van der Waals surface area contributed by atoms with Crippen molar-refractivity contribution in [3.8, 4) is 0 Å². The molecule has 1 amide bonds. The summed E-state index contributed by atoms with van der Waals surface area (Å²) in [5.41, 5.74) is 4.68. The number of primary amides is 1. The zero-order valence-corrected chi connectivity index (χ0v) is 11.5. The van der Waals surface area contributed by atoms with Gasteiger partial charge in [0.15, 0.2) is 15.1 Å². The van der Waals surface area contributed by atoms with Crippen LogP contribution in [0.2, 0.25) is 0 Å². The lowest BCUT2D eigenvalue weighted by atomic mass is 10.1. The van der Waals surface area contributed by atoms with Gasteiger partial charge in [-0.15, -0.1) is 0 Å². The number of carbonyl (C=O) groups excluding carboxylic acids is 1. The highest BCUT2D eigenvalue weighted by molar-refractivity contribution is 7.92. The molecule has 0 aliphatic rings. The first-order valence-corrected chi connectivity index (χ1v) is 7.43. The number of amides is 1. The van der Waals surface area contributed by atoms with Crippen LogP contribution >= 0.6 is 0 Å². The van der Waals surface area contributed by atoms with E-state index in [1.54, 1.807) is 0 Å². The number of halogens is 1. The predicted molar refractivity (Wildman–Crippen MR) is 69.3 cm³/mol. The first kappa shape index (κ1) is 16.1. The third-order valence-corrected chi connectivity index (χ3v) is 4.89. The smallest absolute Gasteiger partial charge is 0.321 e. The molecule has 0 aliphatic heterocycles. The Bertz CT molecular complexity index is 641. The van der Waals surface area contributed by atoms with Crippen LogP contribution in [0.15, 0.2) is 18.2 Å². The van der Waals surface area contributed by atoms with Crippen LogP contribution < -0.4 is 5.73 Å². The standard InChI is InChI=1S/C12H14FNO5S/c1-2-10(12(16)17)20(18,19)6-8-4-3-7(11(14)15)5-9(8)13/h3-5,10H,2,6H2,1H3,(H2,14,15)(H,16,17). The molecule has 8 heteroatoms. The van der Waals surface area contributed by atoms with E-state index in [0.29, 0.717) is 0 Å². The minimum Gasteiger partial charge on any atom is -0.480 e. The van der Waals surface area contributed by atoms with Crippen molar-refractivity contribution in [2.24, 2.45) is 5.73 Å². The summed E-state index contributed by atoms with van der Waals surface area (Å²) in [4.78, 5) is 21.7. The maximum atomic E-state index is 13.7. The van der Waals surface area contributed by atoms with Crippen LogP contribution in [-0.4, -0.2) is 30.7 Å². The number of carbonyl (C=O) groups is 2. The molecule has 0 saturated carbocycles. The minimum atomic E-state index is -4.04. The van der Waals surface area contributed by atoms with Crippen molar-refractivity contribution in [2.75, 3.05) is 0 Å². The van der Waals surface area contributed by atoms with E-state index < -0.39 is 38.5 Å². The van der Waals surface area contributed by atoms with Gasteiger partial charge in [-0.2, -0.15) is 0 Å². The Balaban J connectivity index is 3.10. The average Bonchev–Trinajstić information content (AvgIpc) is 2.31. The van der Waals surface area contributed by atoms with Gasteiger partial charge in [0, 0.05) is 11.1 Å². The van der Waals surface area contributed by atoms with Crippen LogP contribution in [0.25, 0.3) is 0 Å². The van der Waals surface area contributed by atoms with Gasteiger partial charge in [-0.05, 0) is 18.6 Å². The van der Waals surface area contributed by atoms with Crippen LogP contribution in [0.5, 0.6) is 0 Å². The summed E-state index contributed by atoms with van der Waals surface area (Å²) in [5, 5.41) is 7.25. The van der Waals surface area contributed by atoms with Crippen molar-refractivity contribution in [1.82, 2.24) is 0 Å². The lowest BCUT2D eigenvalue weighted by Gasteiger charge is -2.12. The lowest BCUT2D eigenvalue weighted by Crippen LogP contribution is -2.30. The van der Waals surface area contributed by atoms with E-state index in [-0.39, 0.29) is 17.5 Å². The van der Waals surface area contributed by atoms with Gasteiger partial charge in [0.05, 0.1) is 5.75 Å². The molecule has 1 aromatic rings. The molecule has 0 fully saturated rings. The second-order valence-corrected chi connectivity index (χ2v) is 6.40. The summed E-state index contributed by atoms with van der Waals surface area (Å²) < 4.78 is 37.5. The first-order chi connectivity index (χ1) is 9.19. The number of hydrogen-bond acceptors (Lipinski definition) is 4. The molecule has 1 aromatic carbocycles. The fourth-order valence-electron chi connectivity index (χ4n) is 1.72. The van der Waals surface area contributed by atoms with Crippen LogP contribution in [0.4, 0.5) is 4.39 Å². The average molecular weight is 303 g/mol. The maximum Gasteiger partial charge on any atom is 0.321 e. The van der Waals surface area contributed by atoms with Crippen molar-refractivity contribution in [1.29, 1.82) is 0 Å². The van der Waals surface area contributed by atoms with Crippen LogP contribution in [0.3, 0.4) is 0 Å². The molecule has 20 heavy (non-hydrogen) atoms. The molecular formula is C12H14FNO5S. The number of carboxylic acids is 1. The van der Waals surface area contributed by atoms with Crippen LogP contribution in [0.1, 0.15) is 29.3 Å². The summed E-state index contributed by atoms with van der Waals surface area (Å²) in [7, 11) is -4.04. The minimum absolute atomic E-state index is 0.0890. The van der Waals surface area contributed by atoms with E-state index in [9.17, 15) is 22.4 Å². The van der Waals surface area contributed by atoms with Gasteiger partial charge in [0.2, 0.25) is 5.91 Å². The highest BCUT2D eigenvalue weighted by atomic mass is 32.2. The molecule has 0 spiro atoms. The summed E-state index contributed by atoms with van der Waals surface area (Å²) in [6.07, 6.45) is -0.112. The normalized spacial score (nSPS) is 12.9. The molecule has 3 N–H and O–H groups in total. The Morgan fingerprint density at radius 3 is 2.40 bits per heavy atom. The molecule has 110 valence electrons. The summed E-state index contributed by atoms with van der Waals surface area (Å²) in [5.74, 6) is -3.97. The second-order valence-electron chi connectivity index (χ2n) is 4.21. The first-order valence-electron chi connectivity index (χ1n) is 5.71. The molecule has 0 saturated heterocycles.